The maximum atomic E-state index is 12.3. The Labute approximate surface area is 124 Å². The first kappa shape index (κ1) is 13.7. The topological polar surface area (TPSA) is 121 Å². The van der Waals surface area contributed by atoms with Gasteiger partial charge in [-0.1, -0.05) is 5.21 Å². The Hall–Kier alpha value is -3.23. The van der Waals surface area contributed by atoms with E-state index in [0.29, 0.717) is 22.5 Å². The molecule has 3 N–H and O–H groups in total. The van der Waals surface area contributed by atoms with Crippen molar-refractivity contribution in [3.05, 3.63) is 30.7 Å². The van der Waals surface area contributed by atoms with Gasteiger partial charge in [0.15, 0.2) is 5.82 Å². The van der Waals surface area contributed by atoms with Crippen molar-refractivity contribution in [2.24, 2.45) is 0 Å². The summed E-state index contributed by atoms with van der Waals surface area (Å²) < 4.78 is 2.77. The summed E-state index contributed by atoms with van der Waals surface area (Å²) >= 11 is 0. The largest absolute Gasteiger partial charge is 0.399 e. The normalized spacial score (nSPS) is 10.8. The van der Waals surface area contributed by atoms with E-state index >= 15 is 0 Å². The first-order chi connectivity index (χ1) is 10.5. The highest BCUT2D eigenvalue weighted by molar-refractivity contribution is 5.91. The van der Waals surface area contributed by atoms with E-state index in [1.807, 2.05) is 0 Å². The van der Waals surface area contributed by atoms with Crippen LogP contribution in [0.3, 0.4) is 0 Å². The number of hydrogen-bond donors (Lipinski definition) is 2. The molecule has 0 aliphatic heterocycles. The Morgan fingerprint density at radius 2 is 2.18 bits per heavy atom. The van der Waals surface area contributed by atoms with Crippen molar-refractivity contribution in [3.63, 3.8) is 0 Å². The number of anilines is 2. The van der Waals surface area contributed by atoms with E-state index in [4.69, 9.17) is 5.73 Å². The SMILES string of the molecule is CC(=O)Nc1cn(CC(=O)n2cnc3cc(N)ccc32)nn1. The van der Waals surface area contributed by atoms with Gasteiger partial charge in [-0.3, -0.25) is 14.2 Å². The first-order valence-electron chi connectivity index (χ1n) is 6.46. The van der Waals surface area contributed by atoms with Crippen molar-refractivity contribution in [2.75, 3.05) is 11.1 Å². The van der Waals surface area contributed by atoms with Gasteiger partial charge in [-0.2, -0.15) is 0 Å². The number of nitrogen functional groups attached to an aromatic ring is 1. The fourth-order valence-electron chi connectivity index (χ4n) is 2.06. The zero-order valence-corrected chi connectivity index (χ0v) is 11.7. The lowest BCUT2D eigenvalue weighted by Crippen LogP contribution is -2.17. The van der Waals surface area contributed by atoms with Crippen LogP contribution in [0.2, 0.25) is 0 Å². The molecule has 3 aromatic rings. The standard InChI is InChI=1S/C13H13N7O2/c1-8(21)16-12-5-19(18-17-12)6-13(22)20-7-15-10-4-9(14)2-3-11(10)20/h2-5,7H,6,14H2,1H3,(H,16,21). The second-order valence-electron chi connectivity index (χ2n) is 4.74. The molecule has 0 aliphatic carbocycles. The summed E-state index contributed by atoms with van der Waals surface area (Å²) in [6.45, 7) is 1.34. The average molecular weight is 299 g/mol. The van der Waals surface area contributed by atoms with Gasteiger partial charge in [0, 0.05) is 12.6 Å². The lowest BCUT2D eigenvalue weighted by atomic mass is 10.3. The molecule has 0 aliphatic rings. The summed E-state index contributed by atoms with van der Waals surface area (Å²) in [6, 6.07) is 5.14. The Balaban J connectivity index is 1.81. The van der Waals surface area contributed by atoms with Crippen LogP contribution < -0.4 is 11.1 Å². The number of benzene rings is 1. The predicted molar refractivity (Wildman–Crippen MR) is 79.1 cm³/mol. The van der Waals surface area contributed by atoms with Crippen molar-refractivity contribution >= 4 is 34.4 Å². The van der Waals surface area contributed by atoms with E-state index in [1.54, 1.807) is 18.2 Å². The van der Waals surface area contributed by atoms with Crippen molar-refractivity contribution in [1.82, 2.24) is 24.5 Å². The molecule has 9 heteroatoms. The molecule has 0 spiro atoms. The lowest BCUT2D eigenvalue weighted by molar-refractivity contribution is -0.114. The third-order valence-electron chi connectivity index (χ3n) is 2.98. The molecule has 3 rings (SSSR count). The Morgan fingerprint density at radius 3 is 2.95 bits per heavy atom. The summed E-state index contributed by atoms with van der Waals surface area (Å²) in [4.78, 5) is 27.4. The quantitative estimate of drug-likeness (QED) is 0.680. The van der Waals surface area contributed by atoms with Crippen molar-refractivity contribution in [1.29, 1.82) is 0 Å². The van der Waals surface area contributed by atoms with Crippen molar-refractivity contribution in [2.45, 2.75) is 13.5 Å². The van der Waals surface area contributed by atoms with Crippen LogP contribution in [0.1, 0.15) is 11.7 Å². The van der Waals surface area contributed by atoms with Gasteiger partial charge in [-0.15, -0.1) is 5.10 Å². The number of rotatable bonds is 3. The molecule has 2 aromatic heterocycles. The number of nitrogens with two attached hydrogens (primary N) is 1. The molecule has 0 radical (unpaired) electrons. The van der Waals surface area contributed by atoms with E-state index in [9.17, 15) is 9.59 Å². The van der Waals surface area contributed by atoms with Crippen LogP contribution >= 0.6 is 0 Å². The fraction of sp³-hybridized carbons (Fsp3) is 0.154. The van der Waals surface area contributed by atoms with Crippen LogP contribution in [0, 0.1) is 0 Å². The summed E-state index contributed by atoms with van der Waals surface area (Å²) in [5, 5.41) is 10.0. The minimum Gasteiger partial charge on any atom is -0.399 e. The van der Waals surface area contributed by atoms with E-state index < -0.39 is 0 Å². The second-order valence-corrected chi connectivity index (χ2v) is 4.74. The number of hydrogen-bond acceptors (Lipinski definition) is 6. The monoisotopic (exact) mass is 299 g/mol. The van der Waals surface area contributed by atoms with Gasteiger partial charge in [0.2, 0.25) is 5.91 Å². The predicted octanol–water partition coefficient (Wildman–Crippen LogP) is 0.509. The van der Waals surface area contributed by atoms with Gasteiger partial charge < -0.3 is 11.1 Å². The maximum absolute atomic E-state index is 12.3. The molecule has 22 heavy (non-hydrogen) atoms. The van der Waals surface area contributed by atoms with Gasteiger partial charge in [0.1, 0.15) is 12.9 Å². The van der Waals surface area contributed by atoms with Crippen LogP contribution in [-0.4, -0.2) is 36.4 Å². The number of carbonyl (C=O) groups is 2. The molecule has 0 atom stereocenters. The van der Waals surface area contributed by atoms with Crippen LogP contribution in [0.25, 0.3) is 11.0 Å². The van der Waals surface area contributed by atoms with Gasteiger partial charge in [0.05, 0.1) is 17.2 Å². The number of fused-ring (bicyclic) bond motifs is 1. The van der Waals surface area contributed by atoms with Crippen molar-refractivity contribution in [3.8, 4) is 0 Å². The number of amides is 1. The molecular weight excluding hydrogens is 286 g/mol. The van der Waals surface area contributed by atoms with Crippen LogP contribution in [0.15, 0.2) is 30.7 Å². The Morgan fingerprint density at radius 1 is 1.36 bits per heavy atom. The Bertz CT molecular complexity index is 864. The second kappa shape index (κ2) is 5.28. The molecule has 2 heterocycles. The van der Waals surface area contributed by atoms with Crippen LogP contribution in [-0.2, 0) is 11.3 Å². The number of imidazole rings is 1. The van der Waals surface area contributed by atoms with Gasteiger partial charge in [-0.05, 0) is 18.2 Å². The van der Waals surface area contributed by atoms with E-state index in [1.165, 1.54) is 28.7 Å². The summed E-state index contributed by atoms with van der Waals surface area (Å²) in [6.07, 6.45) is 2.93. The van der Waals surface area contributed by atoms with Crippen molar-refractivity contribution < 1.29 is 9.59 Å². The summed E-state index contributed by atoms with van der Waals surface area (Å²) in [7, 11) is 0. The van der Waals surface area contributed by atoms with E-state index in [-0.39, 0.29) is 18.4 Å². The van der Waals surface area contributed by atoms with Crippen LogP contribution in [0.5, 0.6) is 0 Å². The highest BCUT2D eigenvalue weighted by Gasteiger charge is 2.12. The smallest absolute Gasteiger partial charge is 0.254 e. The summed E-state index contributed by atoms with van der Waals surface area (Å²) in [5.41, 5.74) is 7.58. The first-order valence-corrected chi connectivity index (χ1v) is 6.46. The molecule has 0 unspecified atom stereocenters. The van der Waals surface area contributed by atoms with Gasteiger partial charge >= 0.3 is 0 Å². The number of nitrogens with one attached hydrogen (secondary N) is 1. The van der Waals surface area contributed by atoms with Gasteiger partial charge in [-0.25, -0.2) is 9.67 Å². The van der Waals surface area contributed by atoms with E-state index in [0.717, 1.165) is 0 Å². The molecule has 0 fully saturated rings. The molecule has 0 saturated heterocycles. The molecule has 112 valence electrons. The number of nitrogens with zero attached hydrogens (tertiary/aromatic N) is 5. The molecule has 0 saturated carbocycles. The third kappa shape index (κ3) is 2.64. The lowest BCUT2D eigenvalue weighted by Gasteiger charge is -2.03. The van der Waals surface area contributed by atoms with Gasteiger partial charge in [0.25, 0.3) is 5.91 Å². The molecule has 0 bridgehead atoms. The third-order valence-corrected chi connectivity index (χ3v) is 2.98. The zero-order chi connectivity index (χ0) is 15.7. The minimum absolute atomic E-state index is 0.0254. The van der Waals surface area contributed by atoms with Crippen LogP contribution in [0.4, 0.5) is 11.5 Å². The fourth-order valence-corrected chi connectivity index (χ4v) is 2.06. The summed E-state index contributed by atoms with van der Waals surface area (Å²) in [5.74, 6) is -0.188. The highest BCUT2D eigenvalue weighted by atomic mass is 16.2. The molecule has 9 nitrogen and oxygen atoms in total. The highest BCUT2D eigenvalue weighted by Crippen LogP contribution is 2.16. The van der Waals surface area contributed by atoms with E-state index in [2.05, 4.69) is 20.6 Å². The number of aromatic nitrogens is 5. The zero-order valence-electron chi connectivity index (χ0n) is 11.7. The minimum atomic E-state index is -0.253. The molecule has 1 aromatic carbocycles. The molecule has 1 amide bonds. The average Bonchev–Trinajstić information content (AvgIpc) is 3.04. The maximum Gasteiger partial charge on any atom is 0.254 e. The number of carbonyl (C=O) groups excluding carboxylic acids is 2. The molecular formula is C13H13N7O2. The Kier molecular flexibility index (Phi) is 3.30.